The smallest absolute Gasteiger partial charge is 0.234 e. The Balaban J connectivity index is 1.52. The molecule has 0 fully saturated rings. The number of carbonyl (C=O) groups is 1. The average Bonchev–Trinajstić information content (AvgIpc) is 3.14. The maximum atomic E-state index is 12.3. The molecule has 0 aliphatic heterocycles. The molecule has 0 unspecified atom stereocenters. The van der Waals surface area contributed by atoms with Gasteiger partial charge in [-0.2, -0.15) is 0 Å². The lowest BCUT2D eigenvalue weighted by atomic mass is 10.3. The molecule has 6 nitrogen and oxygen atoms in total. The monoisotopic (exact) mass is 510 g/mol. The first-order valence-corrected chi connectivity index (χ1v) is 11.9. The zero-order chi connectivity index (χ0) is 22.9. The van der Waals surface area contributed by atoms with Crippen LogP contribution in [-0.4, -0.2) is 33.0 Å². The summed E-state index contributed by atoms with van der Waals surface area (Å²) >= 11 is 19.2. The molecule has 0 atom stereocenters. The largest absolute Gasteiger partial charge is 0.492 e. The summed E-state index contributed by atoms with van der Waals surface area (Å²) < 4.78 is 7.68. The molecule has 0 aliphatic carbocycles. The van der Waals surface area contributed by atoms with E-state index in [4.69, 9.17) is 39.5 Å². The predicted octanol–water partition coefficient (Wildman–Crippen LogP) is 6.17. The topological polar surface area (TPSA) is 69.0 Å². The van der Waals surface area contributed by atoms with Crippen molar-refractivity contribution in [2.75, 3.05) is 17.7 Å². The number of benzene rings is 2. The lowest BCUT2D eigenvalue weighted by molar-refractivity contribution is -0.113. The van der Waals surface area contributed by atoms with E-state index < -0.39 is 0 Å². The zero-order valence-corrected chi connectivity index (χ0v) is 20.1. The molecule has 1 amide bonds. The summed E-state index contributed by atoms with van der Waals surface area (Å²) in [7, 11) is 0. The summed E-state index contributed by atoms with van der Waals surface area (Å²) in [6.45, 7) is 4.82. The van der Waals surface area contributed by atoms with E-state index in [1.54, 1.807) is 48.5 Å². The Morgan fingerprint density at radius 1 is 1.12 bits per heavy atom. The number of aryl methyl sites for hydroxylation is 1. The number of hydrogen-bond donors (Lipinski definition) is 1. The molecule has 10 heteroatoms. The number of rotatable bonds is 11. The number of allylic oxidation sites excluding steroid dienone is 1. The van der Waals surface area contributed by atoms with Gasteiger partial charge in [0.05, 0.1) is 17.4 Å². The third-order valence-electron chi connectivity index (χ3n) is 4.26. The zero-order valence-electron chi connectivity index (χ0n) is 17.1. The van der Waals surface area contributed by atoms with E-state index in [9.17, 15) is 4.79 Å². The van der Waals surface area contributed by atoms with E-state index in [0.717, 1.165) is 12.2 Å². The molecular formula is C22H21Cl3N4O2S. The van der Waals surface area contributed by atoms with Gasteiger partial charge in [-0.3, -0.25) is 4.79 Å². The quantitative estimate of drug-likeness (QED) is 0.189. The van der Waals surface area contributed by atoms with Gasteiger partial charge in [0.2, 0.25) is 5.91 Å². The molecule has 2 aromatic carbocycles. The van der Waals surface area contributed by atoms with Crippen molar-refractivity contribution >= 4 is 58.2 Å². The minimum absolute atomic E-state index is 0.139. The Morgan fingerprint density at radius 2 is 1.88 bits per heavy atom. The highest BCUT2D eigenvalue weighted by Crippen LogP contribution is 2.27. The Labute approximate surface area is 205 Å². The Bertz CT molecular complexity index is 1070. The molecule has 0 bridgehead atoms. The first-order chi connectivity index (χ1) is 15.5. The molecule has 0 aliphatic rings. The van der Waals surface area contributed by atoms with Crippen LogP contribution in [0.25, 0.3) is 0 Å². The van der Waals surface area contributed by atoms with Crippen LogP contribution in [0.2, 0.25) is 15.1 Å². The molecule has 1 heterocycles. The molecule has 1 aromatic heterocycles. The minimum Gasteiger partial charge on any atom is -0.492 e. The molecule has 0 saturated carbocycles. The summed E-state index contributed by atoms with van der Waals surface area (Å²) in [5, 5.41) is 13.7. The van der Waals surface area contributed by atoms with Crippen molar-refractivity contribution in [3.05, 3.63) is 76.0 Å². The van der Waals surface area contributed by atoms with Crippen LogP contribution in [0.5, 0.6) is 5.75 Å². The maximum absolute atomic E-state index is 12.3. The number of amides is 1. The molecule has 0 radical (unpaired) electrons. The van der Waals surface area contributed by atoms with Gasteiger partial charge in [-0.15, -0.1) is 16.8 Å². The Hall–Kier alpha value is -2.19. The van der Waals surface area contributed by atoms with Crippen molar-refractivity contribution in [1.29, 1.82) is 0 Å². The normalized spacial score (nSPS) is 10.7. The number of aromatic nitrogens is 3. The van der Waals surface area contributed by atoms with Gasteiger partial charge in [0, 0.05) is 28.7 Å². The van der Waals surface area contributed by atoms with Crippen molar-refractivity contribution < 1.29 is 9.53 Å². The van der Waals surface area contributed by atoms with E-state index in [1.807, 2.05) is 4.57 Å². The van der Waals surface area contributed by atoms with Gasteiger partial charge < -0.3 is 14.6 Å². The first kappa shape index (κ1) is 24.5. The molecule has 168 valence electrons. The number of ether oxygens (including phenoxy) is 1. The third kappa shape index (κ3) is 7.17. The molecule has 0 saturated heterocycles. The van der Waals surface area contributed by atoms with Crippen LogP contribution >= 0.6 is 46.6 Å². The van der Waals surface area contributed by atoms with Gasteiger partial charge in [0.25, 0.3) is 0 Å². The minimum atomic E-state index is -0.139. The molecule has 1 N–H and O–H groups in total. The van der Waals surface area contributed by atoms with Gasteiger partial charge >= 0.3 is 0 Å². The van der Waals surface area contributed by atoms with E-state index in [0.29, 0.717) is 51.2 Å². The molecule has 3 aromatic rings. The van der Waals surface area contributed by atoms with Crippen LogP contribution in [0.1, 0.15) is 12.2 Å². The van der Waals surface area contributed by atoms with Gasteiger partial charge in [-0.05, 0) is 48.9 Å². The highest BCUT2D eigenvalue weighted by molar-refractivity contribution is 7.99. The number of thioether (sulfide) groups is 1. The summed E-state index contributed by atoms with van der Waals surface area (Å²) in [6.07, 6.45) is 3.15. The Morgan fingerprint density at radius 3 is 2.59 bits per heavy atom. The SMILES string of the molecule is C=CCn1c(CCCOc2ccc(Cl)cc2Cl)nnc1SCC(=O)Nc1ccc(Cl)cc1. The van der Waals surface area contributed by atoms with Crippen LogP contribution in [0.4, 0.5) is 5.69 Å². The number of halogens is 3. The number of carbonyl (C=O) groups excluding carboxylic acids is 1. The maximum Gasteiger partial charge on any atom is 0.234 e. The van der Waals surface area contributed by atoms with Gasteiger partial charge in [-0.25, -0.2) is 0 Å². The van der Waals surface area contributed by atoms with Crippen molar-refractivity contribution in [2.45, 2.75) is 24.5 Å². The highest BCUT2D eigenvalue weighted by atomic mass is 35.5. The van der Waals surface area contributed by atoms with Crippen molar-refractivity contribution in [1.82, 2.24) is 14.8 Å². The number of nitrogens with one attached hydrogen (secondary N) is 1. The fraction of sp³-hybridized carbons (Fsp3) is 0.227. The average molecular weight is 512 g/mol. The summed E-state index contributed by atoms with van der Waals surface area (Å²) in [5.74, 6) is 1.46. The summed E-state index contributed by atoms with van der Waals surface area (Å²) in [6, 6.07) is 12.1. The number of nitrogens with zero attached hydrogens (tertiary/aromatic N) is 3. The van der Waals surface area contributed by atoms with Crippen LogP contribution in [0.3, 0.4) is 0 Å². The van der Waals surface area contributed by atoms with Crippen molar-refractivity contribution in [3.8, 4) is 5.75 Å². The first-order valence-electron chi connectivity index (χ1n) is 9.75. The molecule has 32 heavy (non-hydrogen) atoms. The second-order valence-electron chi connectivity index (χ2n) is 6.67. The van der Waals surface area contributed by atoms with E-state index in [1.165, 1.54) is 11.8 Å². The van der Waals surface area contributed by atoms with E-state index in [2.05, 4.69) is 22.1 Å². The van der Waals surface area contributed by atoms with Crippen LogP contribution in [0.15, 0.2) is 60.3 Å². The highest BCUT2D eigenvalue weighted by Gasteiger charge is 2.14. The summed E-state index contributed by atoms with van der Waals surface area (Å²) in [4.78, 5) is 12.3. The number of hydrogen-bond acceptors (Lipinski definition) is 5. The lowest BCUT2D eigenvalue weighted by Gasteiger charge is -2.10. The number of anilines is 1. The van der Waals surface area contributed by atoms with Crippen molar-refractivity contribution in [2.24, 2.45) is 0 Å². The van der Waals surface area contributed by atoms with Gasteiger partial charge in [0.15, 0.2) is 5.16 Å². The van der Waals surface area contributed by atoms with Gasteiger partial charge in [0.1, 0.15) is 11.6 Å². The molecule has 0 spiro atoms. The van der Waals surface area contributed by atoms with Crippen LogP contribution in [0, 0.1) is 0 Å². The Kier molecular flexibility index (Phi) is 9.29. The standard InChI is InChI=1S/C22H21Cl3N4O2S/c1-2-11-29-20(4-3-12-31-19-10-7-16(24)13-18(19)25)27-28-22(29)32-14-21(30)26-17-8-5-15(23)6-9-17/h2,5-10,13H,1,3-4,11-12,14H2,(H,26,30). The van der Waals surface area contributed by atoms with Crippen LogP contribution in [-0.2, 0) is 17.8 Å². The second-order valence-corrected chi connectivity index (χ2v) is 8.89. The fourth-order valence-corrected chi connectivity index (χ4v) is 4.14. The third-order valence-corrected chi connectivity index (χ3v) is 6.01. The molecule has 3 rings (SSSR count). The van der Waals surface area contributed by atoms with Gasteiger partial charge in [-0.1, -0.05) is 52.6 Å². The van der Waals surface area contributed by atoms with E-state index >= 15 is 0 Å². The lowest BCUT2D eigenvalue weighted by Crippen LogP contribution is -2.14. The van der Waals surface area contributed by atoms with Crippen LogP contribution < -0.4 is 10.1 Å². The summed E-state index contributed by atoms with van der Waals surface area (Å²) in [5.41, 5.74) is 0.689. The predicted molar refractivity (Wildman–Crippen MR) is 131 cm³/mol. The van der Waals surface area contributed by atoms with Crippen molar-refractivity contribution in [3.63, 3.8) is 0 Å². The fourth-order valence-electron chi connectivity index (χ4n) is 2.79. The van der Waals surface area contributed by atoms with E-state index in [-0.39, 0.29) is 11.7 Å². The second kappa shape index (κ2) is 12.2. The molecular weight excluding hydrogens is 491 g/mol.